The molecule has 1 aliphatic heterocycles. The lowest BCUT2D eigenvalue weighted by Crippen LogP contribution is -2.29. The van der Waals surface area contributed by atoms with Crippen LogP contribution in [-0.4, -0.2) is 30.8 Å². The van der Waals surface area contributed by atoms with Crippen LogP contribution in [0.3, 0.4) is 0 Å². The zero-order valence-corrected chi connectivity index (χ0v) is 11.1. The van der Waals surface area contributed by atoms with Crippen LogP contribution in [-0.2, 0) is 0 Å². The molecule has 0 atom stereocenters. The molecule has 0 N–H and O–H groups in total. The zero-order chi connectivity index (χ0) is 12.4. The molecular formula is C14H18ClNO. The average Bonchev–Trinajstić information content (AvgIpc) is 2.30. The maximum atomic E-state index is 11.3. The highest BCUT2D eigenvalue weighted by molar-refractivity contribution is 6.31. The van der Waals surface area contributed by atoms with E-state index < -0.39 is 0 Å². The van der Waals surface area contributed by atoms with Gasteiger partial charge in [-0.15, -0.1) is 0 Å². The monoisotopic (exact) mass is 251 g/mol. The molecule has 0 saturated carbocycles. The molecule has 1 heterocycles. The summed E-state index contributed by atoms with van der Waals surface area (Å²) in [4.78, 5) is 13.6. The predicted octanol–water partition coefficient (Wildman–Crippen LogP) is 3.35. The number of rotatable bonds is 2. The van der Waals surface area contributed by atoms with Crippen molar-refractivity contribution in [2.24, 2.45) is 0 Å². The third-order valence-electron chi connectivity index (χ3n) is 3.57. The summed E-state index contributed by atoms with van der Waals surface area (Å²) in [7, 11) is 2.15. The number of halogens is 1. The highest BCUT2D eigenvalue weighted by atomic mass is 35.5. The molecule has 2 rings (SSSR count). The second kappa shape index (κ2) is 5.19. The summed E-state index contributed by atoms with van der Waals surface area (Å²) in [6.07, 6.45) is 2.30. The molecule has 17 heavy (non-hydrogen) atoms. The summed E-state index contributed by atoms with van der Waals surface area (Å²) in [6.45, 7) is 3.81. The van der Waals surface area contributed by atoms with Crippen LogP contribution in [0.4, 0.5) is 0 Å². The van der Waals surface area contributed by atoms with Gasteiger partial charge in [-0.05, 0) is 57.5 Å². The Kier molecular flexibility index (Phi) is 3.85. The van der Waals surface area contributed by atoms with Crippen molar-refractivity contribution in [3.8, 4) is 0 Å². The van der Waals surface area contributed by atoms with Gasteiger partial charge in [0.05, 0.1) is 0 Å². The van der Waals surface area contributed by atoms with E-state index in [0.29, 0.717) is 11.5 Å². The molecule has 0 unspecified atom stereocenters. The number of likely N-dealkylation sites (tertiary alicyclic amines) is 1. The molecule has 0 bridgehead atoms. The fourth-order valence-electron chi connectivity index (χ4n) is 2.40. The molecule has 0 aliphatic carbocycles. The van der Waals surface area contributed by atoms with Gasteiger partial charge in [0, 0.05) is 10.6 Å². The maximum absolute atomic E-state index is 11.3. The van der Waals surface area contributed by atoms with Gasteiger partial charge in [-0.1, -0.05) is 23.7 Å². The van der Waals surface area contributed by atoms with Gasteiger partial charge in [-0.25, -0.2) is 0 Å². The van der Waals surface area contributed by atoms with Gasteiger partial charge in [-0.2, -0.15) is 0 Å². The molecule has 0 amide bonds. The van der Waals surface area contributed by atoms with E-state index >= 15 is 0 Å². The molecule has 0 radical (unpaired) electrons. The molecule has 1 aromatic carbocycles. The minimum absolute atomic E-state index is 0.0711. The minimum Gasteiger partial charge on any atom is -0.306 e. The Morgan fingerprint density at radius 3 is 2.53 bits per heavy atom. The molecule has 0 aromatic heterocycles. The number of carbonyl (C=O) groups is 1. The maximum Gasteiger partial charge on any atom is 0.159 e. The van der Waals surface area contributed by atoms with Crippen molar-refractivity contribution in [2.45, 2.75) is 25.7 Å². The molecule has 0 spiro atoms. The summed E-state index contributed by atoms with van der Waals surface area (Å²) in [5.74, 6) is 0.613. The first-order valence-corrected chi connectivity index (χ1v) is 6.44. The van der Waals surface area contributed by atoms with Crippen LogP contribution in [0.5, 0.6) is 0 Å². The van der Waals surface area contributed by atoms with E-state index in [0.717, 1.165) is 31.0 Å². The topological polar surface area (TPSA) is 20.3 Å². The largest absolute Gasteiger partial charge is 0.306 e. The quantitative estimate of drug-likeness (QED) is 0.752. The molecule has 1 saturated heterocycles. The van der Waals surface area contributed by atoms with Crippen LogP contribution in [0.15, 0.2) is 18.2 Å². The molecule has 1 aliphatic rings. The first kappa shape index (κ1) is 12.6. The lowest BCUT2D eigenvalue weighted by Gasteiger charge is -2.29. The fraction of sp³-hybridized carbons (Fsp3) is 0.500. The van der Waals surface area contributed by atoms with E-state index in [4.69, 9.17) is 11.6 Å². The Morgan fingerprint density at radius 1 is 1.35 bits per heavy atom. The van der Waals surface area contributed by atoms with Gasteiger partial charge in [0.2, 0.25) is 0 Å². The number of hydrogen-bond acceptors (Lipinski definition) is 2. The predicted molar refractivity (Wildman–Crippen MR) is 70.9 cm³/mol. The van der Waals surface area contributed by atoms with E-state index in [-0.39, 0.29) is 5.78 Å². The Bertz CT molecular complexity index is 422. The lowest BCUT2D eigenvalue weighted by molar-refractivity contribution is 0.101. The van der Waals surface area contributed by atoms with Gasteiger partial charge < -0.3 is 4.90 Å². The number of hydrogen-bond donors (Lipinski definition) is 0. The Balaban J connectivity index is 2.19. The first-order chi connectivity index (χ1) is 8.08. The number of benzene rings is 1. The average molecular weight is 252 g/mol. The summed E-state index contributed by atoms with van der Waals surface area (Å²) in [6, 6.07) is 5.72. The highest BCUT2D eigenvalue weighted by Gasteiger charge is 2.20. The van der Waals surface area contributed by atoms with Crippen molar-refractivity contribution in [3.05, 3.63) is 34.3 Å². The normalized spacial score (nSPS) is 18.3. The van der Waals surface area contributed by atoms with Crippen LogP contribution < -0.4 is 0 Å². The van der Waals surface area contributed by atoms with E-state index in [1.807, 2.05) is 12.1 Å². The van der Waals surface area contributed by atoms with Crippen molar-refractivity contribution >= 4 is 17.4 Å². The smallest absolute Gasteiger partial charge is 0.159 e. The third-order valence-corrected chi connectivity index (χ3v) is 3.89. The van der Waals surface area contributed by atoms with Crippen LogP contribution in [0.1, 0.15) is 41.6 Å². The second-order valence-corrected chi connectivity index (χ2v) is 5.28. The standard InChI is InChI=1S/C14H18ClNO/c1-10(17)12-3-4-13(14(15)9-12)11-5-7-16(2)8-6-11/h3-4,9,11H,5-8H2,1-2H3. The van der Waals surface area contributed by atoms with Crippen LogP contribution in [0.2, 0.25) is 5.02 Å². The number of ketones is 1. The van der Waals surface area contributed by atoms with Gasteiger partial charge in [0.25, 0.3) is 0 Å². The van der Waals surface area contributed by atoms with Crippen molar-refractivity contribution in [2.75, 3.05) is 20.1 Å². The summed E-state index contributed by atoms with van der Waals surface area (Å²) < 4.78 is 0. The van der Waals surface area contributed by atoms with Crippen LogP contribution in [0, 0.1) is 0 Å². The van der Waals surface area contributed by atoms with Gasteiger partial charge in [-0.3, -0.25) is 4.79 Å². The first-order valence-electron chi connectivity index (χ1n) is 6.07. The zero-order valence-electron chi connectivity index (χ0n) is 10.4. The summed E-state index contributed by atoms with van der Waals surface area (Å²) in [5.41, 5.74) is 1.90. The number of Topliss-reactive ketones (excluding diaryl/α,β-unsaturated/α-hetero) is 1. The van der Waals surface area contributed by atoms with Crippen molar-refractivity contribution in [3.63, 3.8) is 0 Å². The van der Waals surface area contributed by atoms with Crippen molar-refractivity contribution in [1.29, 1.82) is 0 Å². The number of carbonyl (C=O) groups excluding carboxylic acids is 1. The van der Waals surface area contributed by atoms with Crippen molar-refractivity contribution in [1.82, 2.24) is 4.90 Å². The Labute approximate surface area is 108 Å². The second-order valence-electron chi connectivity index (χ2n) is 4.87. The molecule has 1 aromatic rings. The third kappa shape index (κ3) is 2.88. The van der Waals surface area contributed by atoms with Crippen LogP contribution in [0.25, 0.3) is 0 Å². The Morgan fingerprint density at radius 2 is 2.00 bits per heavy atom. The van der Waals surface area contributed by atoms with E-state index in [9.17, 15) is 4.79 Å². The Hall–Kier alpha value is -0.860. The highest BCUT2D eigenvalue weighted by Crippen LogP contribution is 2.33. The molecule has 2 nitrogen and oxygen atoms in total. The summed E-state index contributed by atoms with van der Waals surface area (Å²) in [5, 5.41) is 0.743. The fourth-order valence-corrected chi connectivity index (χ4v) is 2.73. The molecule has 92 valence electrons. The van der Waals surface area contributed by atoms with Gasteiger partial charge in [0.15, 0.2) is 5.78 Å². The van der Waals surface area contributed by atoms with E-state index in [1.165, 1.54) is 5.56 Å². The lowest BCUT2D eigenvalue weighted by atomic mass is 9.89. The van der Waals surface area contributed by atoms with E-state index in [1.54, 1.807) is 13.0 Å². The summed E-state index contributed by atoms with van der Waals surface area (Å²) >= 11 is 6.28. The minimum atomic E-state index is 0.0711. The molecular weight excluding hydrogens is 234 g/mol. The number of piperidine rings is 1. The molecule has 1 fully saturated rings. The SMILES string of the molecule is CC(=O)c1ccc(C2CCN(C)CC2)c(Cl)c1. The van der Waals surface area contributed by atoms with E-state index in [2.05, 4.69) is 11.9 Å². The van der Waals surface area contributed by atoms with Crippen LogP contribution >= 0.6 is 11.6 Å². The molecule has 3 heteroatoms. The van der Waals surface area contributed by atoms with Gasteiger partial charge in [0.1, 0.15) is 0 Å². The number of nitrogens with zero attached hydrogens (tertiary/aromatic N) is 1. The van der Waals surface area contributed by atoms with Crippen molar-refractivity contribution < 1.29 is 4.79 Å². The van der Waals surface area contributed by atoms with Gasteiger partial charge >= 0.3 is 0 Å².